The Morgan fingerprint density at radius 3 is 2.67 bits per heavy atom. The number of nitrogens with zero attached hydrogens (tertiary/aromatic N) is 2. The summed E-state index contributed by atoms with van der Waals surface area (Å²) in [5.41, 5.74) is 3.50. The summed E-state index contributed by atoms with van der Waals surface area (Å²) in [7, 11) is 1.63. The molecule has 140 valence electrons. The molecule has 1 fully saturated rings. The molecule has 1 atom stereocenters. The fourth-order valence-electron chi connectivity index (χ4n) is 4.07. The standard InChI is InChI=1S/C22H24N2O3/c1-27-20-9-5-4-8-18(20)14-24-15-19(12-21(24)25)22(26)23-11-10-16-6-2-3-7-17(16)13-23/h2-9,19H,10-15H2,1H3. The maximum atomic E-state index is 13.0. The Balaban J connectivity index is 1.42. The van der Waals surface area contributed by atoms with E-state index >= 15 is 0 Å². The Morgan fingerprint density at radius 1 is 1.11 bits per heavy atom. The zero-order valence-corrected chi connectivity index (χ0v) is 15.6. The van der Waals surface area contributed by atoms with Crippen LogP contribution in [0.3, 0.4) is 0 Å². The van der Waals surface area contributed by atoms with Gasteiger partial charge in [-0.2, -0.15) is 0 Å². The lowest BCUT2D eigenvalue weighted by Crippen LogP contribution is -2.40. The third kappa shape index (κ3) is 3.54. The number of amides is 2. The number of methoxy groups -OCH3 is 1. The molecule has 0 aliphatic carbocycles. The summed E-state index contributed by atoms with van der Waals surface area (Å²) >= 11 is 0. The van der Waals surface area contributed by atoms with Gasteiger partial charge < -0.3 is 14.5 Å². The first-order valence-corrected chi connectivity index (χ1v) is 9.41. The highest BCUT2D eigenvalue weighted by Gasteiger charge is 2.37. The number of likely N-dealkylation sites (tertiary alicyclic amines) is 1. The van der Waals surface area contributed by atoms with E-state index < -0.39 is 0 Å². The maximum absolute atomic E-state index is 13.0. The van der Waals surface area contributed by atoms with Gasteiger partial charge in [0.1, 0.15) is 5.75 Å². The van der Waals surface area contributed by atoms with Gasteiger partial charge in [-0.05, 0) is 23.6 Å². The summed E-state index contributed by atoms with van der Waals surface area (Å²) in [4.78, 5) is 29.2. The number of benzene rings is 2. The Labute approximate surface area is 159 Å². The first-order chi connectivity index (χ1) is 13.2. The molecule has 0 radical (unpaired) electrons. The summed E-state index contributed by atoms with van der Waals surface area (Å²) in [5, 5.41) is 0. The normalized spacial score (nSPS) is 19.1. The van der Waals surface area contributed by atoms with Crippen molar-refractivity contribution in [2.45, 2.75) is 25.9 Å². The largest absolute Gasteiger partial charge is 0.496 e. The number of carbonyl (C=O) groups is 2. The van der Waals surface area contributed by atoms with E-state index in [1.807, 2.05) is 41.3 Å². The van der Waals surface area contributed by atoms with Crippen molar-refractivity contribution in [3.63, 3.8) is 0 Å². The minimum Gasteiger partial charge on any atom is -0.496 e. The molecule has 0 saturated carbocycles. The number of hydrogen-bond acceptors (Lipinski definition) is 3. The molecule has 0 N–H and O–H groups in total. The van der Waals surface area contributed by atoms with Crippen molar-refractivity contribution in [3.8, 4) is 5.75 Å². The molecule has 4 rings (SSSR count). The monoisotopic (exact) mass is 364 g/mol. The molecule has 0 bridgehead atoms. The number of ether oxygens (including phenoxy) is 1. The summed E-state index contributed by atoms with van der Waals surface area (Å²) in [6.07, 6.45) is 1.18. The number of hydrogen-bond donors (Lipinski definition) is 0. The van der Waals surface area contributed by atoms with E-state index in [4.69, 9.17) is 4.74 Å². The van der Waals surface area contributed by atoms with Crippen LogP contribution in [0.5, 0.6) is 5.75 Å². The van der Waals surface area contributed by atoms with Crippen LogP contribution in [0.1, 0.15) is 23.1 Å². The van der Waals surface area contributed by atoms with Crippen LogP contribution in [0.15, 0.2) is 48.5 Å². The average Bonchev–Trinajstić information content (AvgIpc) is 3.07. The van der Waals surface area contributed by atoms with Gasteiger partial charge in [-0.3, -0.25) is 9.59 Å². The van der Waals surface area contributed by atoms with Crippen LogP contribution in [0, 0.1) is 5.92 Å². The molecule has 5 nitrogen and oxygen atoms in total. The molecule has 27 heavy (non-hydrogen) atoms. The predicted molar refractivity (Wildman–Crippen MR) is 102 cm³/mol. The zero-order valence-electron chi connectivity index (χ0n) is 15.6. The third-order valence-electron chi connectivity index (χ3n) is 5.56. The molecular weight excluding hydrogens is 340 g/mol. The van der Waals surface area contributed by atoms with Gasteiger partial charge >= 0.3 is 0 Å². The fraction of sp³-hybridized carbons (Fsp3) is 0.364. The highest BCUT2D eigenvalue weighted by atomic mass is 16.5. The highest BCUT2D eigenvalue weighted by Crippen LogP contribution is 2.27. The van der Waals surface area contributed by atoms with Crippen molar-refractivity contribution < 1.29 is 14.3 Å². The number of carbonyl (C=O) groups excluding carboxylic acids is 2. The smallest absolute Gasteiger partial charge is 0.228 e. The molecule has 2 aliphatic rings. The molecule has 0 spiro atoms. The van der Waals surface area contributed by atoms with E-state index in [-0.39, 0.29) is 17.7 Å². The summed E-state index contributed by atoms with van der Waals surface area (Å²) in [5.74, 6) is 0.655. The molecule has 2 aromatic carbocycles. The Morgan fingerprint density at radius 2 is 1.85 bits per heavy atom. The van der Waals surface area contributed by atoms with Crippen LogP contribution in [-0.4, -0.2) is 41.8 Å². The minimum absolute atomic E-state index is 0.0386. The molecule has 1 unspecified atom stereocenters. The van der Waals surface area contributed by atoms with Crippen molar-refractivity contribution in [2.24, 2.45) is 5.92 Å². The van der Waals surface area contributed by atoms with Crippen molar-refractivity contribution in [2.75, 3.05) is 20.2 Å². The van der Waals surface area contributed by atoms with Gasteiger partial charge in [0, 0.05) is 38.2 Å². The molecule has 5 heteroatoms. The highest BCUT2D eigenvalue weighted by molar-refractivity contribution is 5.89. The van der Waals surface area contributed by atoms with Gasteiger partial charge in [0.25, 0.3) is 0 Å². The van der Waals surface area contributed by atoms with E-state index in [1.165, 1.54) is 11.1 Å². The first-order valence-electron chi connectivity index (χ1n) is 9.41. The third-order valence-corrected chi connectivity index (χ3v) is 5.56. The zero-order chi connectivity index (χ0) is 18.8. The molecule has 2 heterocycles. The van der Waals surface area contributed by atoms with Gasteiger partial charge in [-0.15, -0.1) is 0 Å². The summed E-state index contributed by atoms with van der Waals surface area (Å²) < 4.78 is 5.38. The van der Waals surface area contributed by atoms with Crippen molar-refractivity contribution in [1.82, 2.24) is 9.80 Å². The predicted octanol–water partition coefficient (Wildman–Crippen LogP) is 2.63. The first kappa shape index (κ1) is 17.6. The Hall–Kier alpha value is -2.82. The van der Waals surface area contributed by atoms with Crippen LogP contribution in [0.4, 0.5) is 0 Å². The second-order valence-electron chi connectivity index (χ2n) is 7.27. The van der Waals surface area contributed by atoms with Gasteiger partial charge in [0.2, 0.25) is 11.8 Å². The van der Waals surface area contributed by atoms with E-state index in [0.29, 0.717) is 26.1 Å². The van der Waals surface area contributed by atoms with Crippen LogP contribution < -0.4 is 4.74 Å². The van der Waals surface area contributed by atoms with E-state index in [0.717, 1.165) is 24.3 Å². The van der Waals surface area contributed by atoms with Gasteiger partial charge in [0.05, 0.1) is 13.0 Å². The molecule has 2 aromatic rings. The average molecular weight is 364 g/mol. The molecule has 2 amide bonds. The van der Waals surface area contributed by atoms with Crippen molar-refractivity contribution in [3.05, 3.63) is 65.2 Å². The Kier molecular flexibility index (Phi) is 4.84. The van der Waals surface area contributed by atoms with Crippen LogP contribution in [0.2, 0.25) is 0 Å². The number of fused-ring (bicyclic) bond motifs is 1. The van der Waals surface area contributed by atoms with Gasteiger partial charge in [-0.25, -0.2) is 0 Å². The van der Waals surface area contributed by atoms with Gasteiger partial charge in [-0.1, -0.05) is 42.5 Å². The number of para-hydroxylation sites is 1. The van der Waals surface area contributed by atoms with Crippen molar-refractivity contribution >= 4 is 11.8 Å². The van der Waals surface area contributed by atoms with Crippen molar-refractivity contribution in [1.29, 1.82) is 0 Å². The molecule has 2 aliphatic heterocycles. The lowest BCUT2D eigenvalue weighted by atomic mass is 9.98. The lowest BCUT2D eigenvalue weighted by molar-refractivity contribution is -0.136. The van der Waals surface area contributed by atoms with Crippen LogP contribution >= 0.6 is 0 Å². The van der Waals surface area contributed by atoms with E-state index in [9.17, 15) is 9.59 Å². The van der Waals surface area contributed by atoms with Crippen LogP contribution in [-0.2, 0) is 29.1 Å². The SMILES string of the molecule is COc1ccccc1CN1CC(C(=O)N2CCc3ccccc3C2)CC1=O. The quantitative estimate of drug-likeness (QED) is 0.838. The topological polar surface area (TPSA) is 49.9 Å². The van der Waals surface area contributed by atoms with Crippen LogP contribution in [0.25, 0.3) is 0 Å². The fourth-order valence-corrected chi connectivity index (χ4v) is 4.07. The molecule has 0 aromatic heterocycles. The second kappa shape index (κ2) is 7.43. The molecular formula is C22H24N2O3. The second-order valence-corrected chi connectivity index (χ2v) is 7.27. The molecule has 1 saturated heterocycles. The van der Waals surface area contributed by atoms with Gasteiger partial charge in [0.15, 0.2) is 0 Å². The summed E-state index contributed by atoms with van der Waals surface area (Å²) in [6, 6.07) is 16.0. The maximum Gasteiger partial charge on any atom is 0.228 e. The summed E-state index contributed by atoms with van der Waals surface area (Å²) in [6.45, 7) is 2.34. The van der Waals surface area contributed by atoms with E-state index in [2.05, 4.69) is 12.1 Å². The Bertz CT molecular complexity index is 864. The lowest BCUT2D eigenvalue weighted by Gasteiger charge is -2.30. The minimum atomic E-state index is -0.252. The van der Waals surface area contributed by atoms with E-state index in [1.54, 1.807) is 12.0 Å². The number of rotatable bonds is 4.